The molecule has 0 heterocycles. The zero-order valence-corrected chi connectivity index (χ0v) is 18.8. The number of benzene rings is 2. The quantitative estimate of drug-likeness (QED) is 0.611. The van der Waals surface area contributed by atoms with E-state index >= 15 is 0 Å². The summed E-state index contributed by atoms with van der Waals surface area (Å²) in [5.74, 6) is 1.35. The first-order valence-electron chi connectivity index (χ1n) is 11.4. The number of rotatable bonds is 5. The summed E-state index contributed by atoms with van der Waals surface area (Å²) >= 11 is 1.57. The molecular formula is C26H30N2O2S. The van der Waals surface area contributed by atoms with Gasteiger partial charge >= 0.3 is 11.8 Å². The van der Waals surface area contributed by atoms with Gasteiger partial charge < -0.3 is 10.6 Å². The Hall–Kier alpha value is -2.27. The van der Waals surface area contributed by atoms with Crippen LogP contribution in [0.25, 0.3) is 0 Å². The summed E-state index contributed by atoms with van der Waals surface area (Å²) < 4.78 is 0. The summed E-state index contributed by atoms with van der Waals surface area (Å²) in [5.41, 5.74) is 0.852. The van der Waals surface area contributed by atoms with Crippen molar-refractivity contribution in [1.29, 1.82) is 0 Å². The number of amides is 2. The van der Waals surface area contributed by atoms with Gasteiger partial charge in [0.25, 0.3) is 0 Å². The zero-order valence-electron chi connectivity index (χ0n) is 18.0. The van der Waals surface area contributed by atoms with Crippen LogP contribution in [-0.4, -0.2) is 17.9 Å². The molecule has 162 valence electrons. The lowest BCUT2D eigenvalue weighted by molar-refractivity contribution is -0.138. The van der Waals surface area contributed by atoms with E-state index in [0.717, 1.165) is 27.5 Å². The Kier molecular flexibility index (Phi) is 5.55. The van der Waals surface area contributed by atoms with Crippen molar-refractivity contribution in [3.63, 3.8) is 0 Å². The van der Waals surface area contributed by atoms with Gasteiger partial charge in [-0.1, -0.05) is 42.1 Å². The molecule has 4 nitrogen and oxygen atoms in total. The van der Waals surface area contributed by atoms with E-state index in [1.54, 1.807) is 11.8 Å². The van der Waals surface area contributed by atoms with E-state index < -0.39 is 11.8 Å². The van der Waals surface area contributed by atoms with Crippen molar-refractivity contribution in [2.75, 3.05) is 5.32 Å². The van der Waals surface area contributed by atoms with Crippen LogP contribution in [0.5, 0.6) is 0 Å². The van der Waals surface area contributed by atoms with Crippen LogP contribution in [0.1, 0.15) is 45.4 Å². The Morgan fingerprint density at radius 2 is 1.45 bits per heavy atom. The van der Waals surface area contributed by atoms with Crippen LogP contribution in [0, 0.1) is 23.2 Å². The van der Waals surface area contributed by atoms with Crippen molar-refractivity contribution < 1.29 is 9.59 Å². The second-order valence-corrected chi connectivity index (χ2v) is 11.0. The molecule has 0 aromatic heterocycles. The van der Waals surface area contributed by atoms with Gasteiger partial charge in [0.2, 0.25) is 0 Å². The molecule has 6 rings (SSSR count). The van der Waals surface area contributed by atoms with Gasteiger partial charge in [0.15, 0.2) is 0 Å². The molecule has 2 aromatic carbocycles. The molecular weight excluding hydrogens is 404 g/mol. The van der Waals surface area contributed by atoms with Gasteiger partial charge in [-0.15, -0.1) is 0 Å². The highest BCUT2D eigenvalue weighted by Gasteiger charge is 2.53. The van der Waals surface area contributed by atoms with Crippen molar-refractivity contribution in [3.8, 4) is 0 Å². The molecule has 1 unspecified atom stereocenters. The van der Waals surface area contributed by atoms with E-state index in [0.29, 0.717) is 5.69 Å². The van der Waals surface area contributed by atoms with Gasteiger partial charge in [-0.3, -0.25) is 9.59 Å². The number of carbonyl (C=O) groups is 2. The number of para-hydroxylation sites is 1. The average Bonchev–Trinajstić information content (AvgIpc) is 2.75. The summed E-state index contributed by atoms with van der Waals surface area (Å²) in [6.45, 7) is 2.11. The van der Waals surface area contributed by atoms with E-state index in [1.807, 2.05) is 54.6 Å². The molecule has 4 fully saturated rings. The smallest absolute Gasteiger partial charge is 0.313 e. The fourth-order valence-corrected chi connectivity index (χ4v) is 7.50. The van der Waals surface area contributed by atoms with Crippen molar-refractivity contribution >= 4 is 29.3 Å². The van der Waals surface area contributed by atoms with Crippen LogP contribution < -0.4 is 10.6 Å². The van der Waals surface area contributed by atoms with E-state index in [2.05, 4.69) is 17.6 Å². The van der Waals surface area contributed by atoms with Crippen LogP contribution in [-0.2, 0) is 9.59 Å². The Labute approximate surface area is 188 Å². The first-order chi connectivity index (χ1) is 15.0. The average molecular weight is 435 g/mol. The highest BCUT2D eigenvalue weighted by Crippen LogP contribution is 2.61. The number of anilines is 1. The summed E-state index contributed by atoms with van der Waals surface area (Å²) in [7, 11) is 0. The minimum atomic E-state index is -0.585. The zero-order chi connectivity index (χ0) is 21.4. The van der Waals surface area contributed by atoms with Crippen LogP contribution in [0.2, 0.25) is 0 Å². The summed E-state index contributed by atoms with van der Waals surface area (Å²) in [5, 5.41) is 5.91. The first-order valence-corrected chi connectivity index (χ1v) is 12.3. The SMILES string of the molecule is CC(NC(=O)C(=O)Nc1ccccc1Sc1ccccc1)C12CC3CC(CC(C3)C1)C2. The predicted octanol–water partition coefficient (Wildman–Crippen LogP) is 5.50. The topological polar surface area (TPSA) is 58.2 Å². The Morgan fingerprint density at radius 1 is 0.871 bits per heavy atom. The molecule has 0 spiro atoms. The van der Waals surface area contributed by atoms with E-state index in [1.165, 1.54) is 38.5 Å². The van der Waals surface area contributed by atoms with E-state index in [4.69, 9.17) is 0 Å². The second-order valence-electron chi connectivity index (χ2n) is 9.84. The summed E-state index contributed by atoms with van der Waals surface area (Å²) in [4.78, 5) is 27.5. The molecule has 0 radical (unpaired) electrons. The standard InChI is InChI=1S/C26H30N2O2S/c1-17(26-14-18-11-19(15-26)13-20(12-18)16-26)27-24(29)25(30)28-22-9-5-6-10-23(22)31-21-7-3-2-4-8-21/h2-10,17-20H,11-16H2,1H3,(H,27,29)(H,28,30). The highest BCUT2D eigenvalue weighted by molar-refractivity contribution is 7.99. The minimum Gasteiger partial charge on any atom is -0.345 e. The molecule has 1 atom stereocenters. The molecule has 4 aliphatic rings. The fraction of sp³-hybridized carbons (Fsp3) is 0.462. The highest BCUT2D eigenvalue weighted by atomic mass is 32.2. The third kappa shape index (κ3) is 4.25. The molecule has 0 aliphatic heterocycles. The maximum absolute atomic E-state index is 12.8. The van der Waals surface area contributed by atoms with Crippen LogP contribution >= 0.6 is 11.8 Å². The van der Waals surface area contributed by atoms with Crippen molar-refractivity contribution in [3.05, 3.63) is 54.6 Å². The predicted molar refractivity (Wildman–Crippen MR) is 124 cm³/mol. The normalized spacial score (nSPS) is 29.4. The van der Waals surface area contributed by atoms with E-state index in [9.17, 15) is 9.59 Å². The molecule has 4 bridgehead atoms. The third-order valence-corrected chi connectivity index (χ3v) is 8.75. The van der Waals surface area contributed by atoms with Crippen molar-refractivity contribution in [1.82, 2.24) is 5.32 Å². The van der Waals surface area contributed by atoms with Gasteiger partial charge in [-0.25, -0.2) is 0 Å². The van der Waals surface area contributed by atoms with E-state index in [-0.39, 0.29) is 11.5 Å². The second kappa shape index (κ2) is 8.34. The molecule has 5 heteroatoms. The van der Waals surface area contributed by atoms with Gasteiger partial charge in [0.05, 0.1) is 5.69 Å². The van der Waals surface area contributed by atoms with Gasteiger partial charge in [0, 0.05) is 15.8 Å². The fourth-order valence-electron chi connectivity index (χ4n) is 6.58. The van der Waals surface area contributed by atoms with Crippen molar-refractivity contribution in [2.24, 2.45) is 23.2 Å². The number of nitrogens with one attached hydrogen (secondary N) is 2. The lowest BCUT2D eigenvalue weighted by atomic mass is 9.48. The first kappa shape index (κ1) is 20.6. The summed E-state index contributed by atoms with van der Waals surface area (Å²) in [6.07, 6.45) is 7.73. The monoisotopic (exact) mass is 434 g/mol. The van der Waals surface area contributed by atoms with Gasteiger partial charge in [-0.05, 0) is 92.9 Å². The number of hydrogen-bond acceptors (Lipinski definition) is 3. The number of carbonyl (C=O) groups excluding carboxylic acids is 2. The lowest BCUT2D eigenvalue weighted by Crippen LogP contribution is -2.57. The molecule has 4 aliphatic carbocycles. The Balaban J connectivity index is 1.24. The summed E-state index contributed by atoms with van der Waals surface area (Å²) in [6, 6.07) is 17.7. The molecule has 2 amide bonds. The third-order valence-electron chi connectivity index (χ3n) is 7.66. The minimum absolute atomic E-state index is 0.0353. The van der Waals surface area contributed by atoms with Crippen molar-refractivity contribution in [2.45, 2.75) is 61.3 Å². The Morgan fingerprint density at radius 3 is 2.10 bits per heavy atom. The molecule has 2 N–H and O–H groups in total. The van der Waals surface area contributed by atoms with Gasteiger partial charge in [0.1, 0.15) is 0 Å². The van der Waals surface area contributed by atoms with Gasteiger partial charge in [-0.2, -0.15) is 0 Å². The van der Waals surface area contributed by atoms with Crippen LogP contribution in [0.4, 0.5) is 5.69 Å². The molecule has 31 heavy (non-hydrogen) atoms. The number of hydrogen-bond donors (Lipinski definition) is 2. The maximum Gasteiger partial charge on any atom is 0.313 e. The Bertz CT molecular complexity index is 939. The maximum atomic E-state index is 12.8. The van der Waals surface area contributed by atoms with Crippen LogP contribution in [0.3, 0.4) is 0 Å². The largest absolute Gasteiger partial charge is 0.345 e. The van der Waals surface area contributed by atoms with Crippen LogP contribution in [0.15, 0.2) is 64.4 Å². The lowest BCUT2D eigenvalue weighted by Gasteiger charge is -2.59. The molecule has 4 saturated carbocycles. The molecule has 0 saturated heterocycles. The molecule has 2 aromatic rings.